The van der Waals surface area contributed by atoms with Crippen LogP contribution in [0, 0.1) is 10.1 Å². The van der Waals surface area contributed by atoms with Gasteiger partial charge >= 0.3 is 0 Å². The molecule has 0 bridgehead atoms. The Hall–Kier alpha value is -1.62. The van der Waals surface area contributed by atoms with Crippen LogP contribution in [0.2, 0.25) is 0 Å². The van der Waals surface area contributed by atoms with Crippen LogP contribution in [-0.2, 0) is 20.1 Å². The molecular formula is C16H21BrIN5O2. The van der Waals surface area contributed by atoms with Crippen molar-refractivity contribution >= 4 is 51.6 Å². The fraction of sp³-hybridized carbons (Fsp3) is 0.312. The van der Waals surface area contributed by atoms with Crippen molar-refractivity contribution in [2.45, 2.75) is 13.1 Å². The van der Waals surface area contributed by atoms with Crippen molar-refractivity contribution in [3.05, 3.63) is 62.4 Å². The zero-order valence-electron chi connectivity index (χ0n) is 14.3. The number of hydrogen-bond acceptors (Lipinski definition) is 3. The van der Waals surface area contributed by atoms with Gasteiger partial charge in [-0.3, -0.25) is 15.1 Å². The van der Waals surface area contributed by atoms with Gasteiger partial charge in [0.25, 0.3) is 5.69 Å². The Morgan fingerprint density at radius 2 is 2.04 bits per heavy atom. The van der Waals surface area contributed by atoms with Gasteiger partial charge in [-0.25, -0.2) is 0 Å². The molecule has 0 aliphatic rings. The zero-order chi connectivity index (χ0) is 17.7. The number of aliphatic imine (C=N–C) groups is 1. The minimum absolute atomic E-state index is 0. The summed E-state index contributed by atoms with van der Waals surface area (Å²) >= 11 is 3.47. The van der Waals surface area contributed by atoms with Crippen molar-refractivity contribution < 1.29 is 4.92 Å². The predicted molar refractivity (Wildman–Crippen MR) is 113 cm³/mol. The molecule has 0 atom stereocenters. The van der Waals surface area contributed by atoms with Crippen molar-refractivity contribution in [3.8, 4) is 0 Å². The van der Waals surface area contributed by atoms with Crippen LogP contribution < -0.4 is 5.32 Å². The molecule has 1 aromatic heterocycles. The van der Waals surface area contributed by atoms with E-state index in [1.807, 2.05) is 25.2 Å². The first-order chi connectivity index (χ1) is 11.4. The van der Waals surface area contributed by atoms with E-state index in [1.165, 1.54) is 12.1 Å². The summed E-state index contributed by atoms with van der Waals surface area (Å²) in [6, 6.07) is 8.57. The number of halogens is 2. The molecule has 0 aliphatic heterocycles. The van der Waals surface area contributed by atoms with E-state index in [2.05, 4.69) is 36.9 Å². The number of aryl methyl sites for hydroxylation is 1. The highest BCUT2D eigenvalue weighted by Gasteiger charge is 2.10. The maximum atomic E-state index is 10.7. The number of benzene rings is 1. The molecule has 1 heterocycles. The lowest BCUT2D eigenvalue weighted by atomic mass is 10.2. The summed E-state index contributed by atoms with van der Waals surface area (Å²) in [7, 11) is 5.70. The molecule has 1 N–H and O–H groups in total. The smallest absolute Gasteiger partial charge is 0.269 e. The molecule has 0 saturated carbocycles. The molecule has 0 spiro atoms. The number of nitrogens with one attached hydrogen (secondary N) is 1. The molecule has 0 radical (unpaired) electrons. The Morgan fingerprint density at radius 1 is 1.40 bits per heavy atom. The number of aromatic nitrogens is 1. The fourth-order valence-electron chi connectivity index (χ4n) is 2.34. The summed E-state index contributed by atoms with van der Waals surface area (Å²) in [6.45, 7) is 1.26. The Morgan fingerprint density at radius 3 is 2.52 bits per heavy atom. The monoisotopic (exact) mass is 521 g/mol. The van der Waals surface area contributed by atoms with E-state index in [0.717, 1.165) is 21.7 Å². The number of nitrogens with zero attached hydrogens (tertiary/aromatic N) is 4. The third-order valence-corrected chi connectivity index (χ3v) is 4.08. The van der Waals surface area contributed by atoms with Gasteiger partial charge in [0.05, 0.1) is 11.5 Å². The van der Waals surface area contributed by atoms with Gasteiger partial charge in [-0.1, -0.05) is 12.1 Å². The van der Waals surface area contributed by atoms with E-state index >= 15 is 0 Å². The Labute approximate surface area is 172 Å². The van der Waals surface area contributed by atoms with E-state index in [1.54, 1.807) is 19.2 Å². The second-order valence-electron chi connectivity index (χ2n) is 5.44. The van der Waals surface area contributed by atoms with Crippen LogP contribution in [0.1, 0.15) is 11.3 Å². The van der Waals surface area contributed by atoms with E-state index in [9.17, 15) is 10.1 Å². The quantitative estimate of drug-likeness (QED) is 0.215. The summed E-state index contributed by atoms with van der Waals surface area (Å²) in [4.78, 5) is 16.6. The first-order valence-corrected chi connectivity index (χ1v) is 8.16. The highest BCUT2D eigenvalue weighted by Crippen LogP contribution is 2.15. The number of rotatable bonds is 5. The van der Waals surface area contributed by atoms with Crippen molar-refractivity contribution in [3.63, 3.8) is 0 Å². The van der Waals surface area contributed by atoms with Gasteiger partial charge in [-0.15, -0.1) is 24.0 Å². The Balaban J connectivity index is 0.00000312. The van der Waals surface area contributed by atoms with E-state index in [-0.39, 0.29) is 29.7 Å². The van der Waals surface area contributed by atoms with Crippen LogP contribution in [0.3, 0.4) is 0 Å². The van der Waals surface area contributed by atoms with Crippen molar-refractivity contribution in [2.75, 3.05) is 14.1 Å². The molecule has 0 unspecified atom stereocenters. The highest BCUT2D eigenvalue weighted by molar-refractivity contribution is 14.0. The van der Waals surface area contributed by atoms with Crippen LogP contribution in [0.5, 0.6) is 0 Å². The predicted octanol–water partition coefficient (Wildman–Crippen LogP) is 3.52. The molecule has 0 amide bonds. The molecule has 25 heavy (non-hydrogen) atoms. The molecule has 9 heteroatoms. The average molecular weight is 522 g/mol. The third kappa shape index (κ3) is 5.99. The molecule has 7 nitrogen and oxygen atoms in total. The van der Waals surface area contributed by atoms with Gasteiger partial charge < -0.3 is 14.8 Å². The number of hydrogen-bond donors (Lipinski definition) is 1. The summed E-state index contributed by atoms with van der Waals surface area (Å²) < 4.78 is 3.10. The Bertz CT molecular complexity index is 745. The van der Waals surface area contributed by atoms with Crippen molar-refractivity contribution in [2.24, 2.45) is 12.0 Å². The largest absolute Gasteiger partial charge is 0.352 e. The minimum Gasteiger partial charge on any atom is -0.352 e. The standard InChI is InChI=1S/C16H20BrN5O2.HI/c1-18-16(21(3)11-15-8-13(17)10-20(15)2)19-9-12-4-6-14(7-5-12)22(23)24;/h4-8,10H,9,11H2,1-3H3,(H,18,19);1H. The second kappa shape index (κ2) is 9.76. The average Bonchev–Trinajstić information content (AvgIpc) is 2.85. The van der Waals surface area contributed by atoms with E-state index in [0.29, 0.717) is 13.1 Å². The van der Waals surface area contributed by atoms with Crippen LogP contribution in [0.15, 0.2) is 46.0 Å². The van der Waals surface area contributed by atoms with E-state index in [4.69, 9.17) is 0 Å². The zero-order valence-corrected chi connectivity index (χ0v) is 18.2. The van der Waals surface area contributed by atoms with Crippen molar-refractivity contribution in [1.29, 1.82) is 0 Å². The first kappa shape index (κ1) is 21.4. The van der Waals surface area contributed by atoms with Gasteiger partial charge in [-0.05, 0) is 27.6 Å². The summed E-state index contributed by atoms with van der Waals surface area (Å²) in [5.74, 6) is 0.755. The molecular weight excluding hydrogens is 501 g/mol. The Kier molecular flexibility index (Phi) is 8.36. The van der Waals surface area contributed by atoms with Crippen LogP contribution in [0.25, 0.3) is 0 Å². The topological polar surface area (TPSA) is 75.7 Å². The molecule has 0 saturated heterocycles. The number of non-ortho nitro benzene ring substituents is 1. The maximum Gasteiger partial charge on any atom is 0.269 e. The summed E-state index contributed by atoms with van der Waals surface area (Å²) in [6.07, 6.45) is 2.01. The summed E-state index contributed by atoms with van der Waals surface area (Å²) in [5, 5.41) is 13.9. The van der Waals surface area contributed by atoms with Crippen molar-refractivity contribution in [1.82, 2.24) is 14.8 Å². The third-order valence-electron chi connectivity index (χ3n) is 3.64. The lowest BCUT2D eigenvalue weighted by Gasteiger charge is -2.22. The molecule has 0 aliphatic carbocycles. The number of guanidine groups is 1. The van der Waals surface area contributed by atoms with E-state index < -0.39 is 4.92 Å². The van der Waals surface area contributed by atoms with Gasteiger partial charge in [0, 0.05) is 56.2 Å². The SMILES string of the molecule is CN=C(NCc1ccc([N+](=O)[O-])cc1)N(C)Cc1cc(Br)cn1C.I. The maximum absolute atomic E-state index is 10.7. The summed E-state index contributed by atoms with van der Waals surface area (Å²) in [5.41, 5.74) is 2.20. The first-order valence-electron chi connectivity index (χ1n) is 7.36. The van der Waals surface area contributed by atoms with Gasteiger partial charge in [-0.2, -0.15) is 0 Å². The number of nitro groups is 1. The lowest BCUT2D eigenvalue weighted by molar-refractivity contribution is -0.384. The van der Waals surface area contributed by atoms with Gasteiger partial charge in [0.1, 0.15) is 0 Å². The minimum atomic E-state index is -0.401. The molecule has 136 valence electrons. The molecule has 1 aromatic carbocycles. The van der Waals surface area contributed by atoms with Crippen LogP contribution in [-0.4, -0.2) is 34.4 Å². The normalized spacial score (nSPS) is 11.0. The van der Waals surface area contributed by atoms with Gasteiger partial charge in [0.2, 0.25) is 0 Å². The van der Waals surface area contributed by atoms with Gasteiger partial charge in [0.15, 0.2) is 5.96 Å². The number of nitro benzene ring substituents is 1. The highest BCUT2D eigenvalue weighted by atomic mass is 127. The molecule has 0 fully saturated rings. The van der Waals surface area contributed by atoms with Crippen LogP contribution >= 0.6 is 39.9 Å². The fourth-order valence-corrected chi connectivity index (χ4v) is 2.91. The molecule has 2 aromatic rings. The second-order valence-corrected chi connectivity index (χ2v) is 6.36. The van der Waals surface area contributed by atoms with Crippen LogP contribution in [0.4, 0.5) is 5.69 Å². The lowest BCUT2D eigenvalue weighted by Crippen LogP contribution is -2.38. The molecule has 2 rings (SSSR count).